The number of hydrogen-bond donors (Lipinski definition) is 1. The third-order valence-corrected chi connectivity index (χ3v) is 4.12. The minimum absolute atomic E-state index is 0.218. The van der Waals surface area contributed by atoms with Gasteiger partial charge in [0.1, 0.15) is 22.2 Å². The fourth-order valence-electron chi connectivity index (χ4n) is 2.43. The van der Waals surface area contributed by atoms with Gasteiger partial charge in [0.15, 0.2) is 0 Å². The van der Waals surface area contributed by atoms with Crippen LogP contribution in [-0.2, 0) is 11.3 Å². The lowest BCUT2D eigenvalue weighted by Crippen LogP contribution is -2.01. The van der Waals surface area contributed by atoms with Gasteiger partial charge in [0.25, 0.3) is 0 Å². The Morgan fingerprint density at radius 1 is 1.35 bits per heavy atom. The van der Waals surface area contributed by atoms with Crippen LogP contribution in [0.1, 0.15) is 28.5 Å². The zero-order chi connectivity index (χ0) is 14.3. The summed E-state index contributed by atoms with van der Waals surface area (Å²) in [6.45, 7) is 2.17. The number of benzene rings is 1. The van der Waals surface area contributed by atoms with Crippen LogP contribution in [-0.4, -0.2) is 17.2 Å². The van der Waals surface area contributed by atoms with Crippen molar-refractivity contribution in [2.75, 3.05) is 7.11 Å². The van der Waals surface area contributed by atoms with Crippen molar-refractivity contribution in [3.05, 3.63) is 51.3 Å². The lowest BCUT2D eigenvalue weighted by Gasteiger charge is -2.14. The van der Waals surface area contributed by atoms with Crippen molar-refractivity contribution in [1.29, 1.82) is 0 Å². The minimum atomic E-state index is -0.218. The molecule has 4 nitrogen and oxygen atoms in total. The van der Waals surface area contributed by atoms with Crippen molar-refractivity contribution < 1.29 is 14.6 Å². The van der Waals surface area contributed by atoms with Crippen LogP contribution in [0.25, 0.3) is 0 Å². The van der Waals surface area contributed by atoms with E-state index in [1.54, 1.807) is 14.0 Å². The summed E-state index contributed by atoms with van der Waals surface area (Å²) in [5, 5.41) is 10.1. The maximum Gasteiger partial charge on any atom is 0.142 e. The van der Waals surface area contributed by atoms with Crippen LogP contribution < -0.4 is 4.74 Å². The van der Waals surface area contributed by atoms with Gasteiger partial charge in [-0.25, -0.2) is 4.98 Å². The van der Waals surface area contributed by atoms with Crippen molar-refractivity contribution in [2.24, 2.45) is 0 Å². The fraction of sp³-hybridized carbons (Fsp3) is 0.267. The molecule has 1 atom stereocenters. The topological polar surface area (TPSA) is 51.6 Å². The second kappa shape index (κ2) is 5.07. The third kappa shape index (κ3) is 2.07. The van der Waals surface area contributed by atoms with E-state index in [1.807, 2.05) is 24.3 Å². The van der Waals surface area contributed by atoms with Crippen LogP contribution in [0.4, 0.5) is 0 Å². The molecule has 3 rings (SSSR count). The van der Waals surface area contributed by atoms with Crippen LogP contribution >= 0.6 is 15.9 Å². The number of pyridine rings is 1. The van der Waals surface area contributed by atoms with Crippen LogP contribution in [0.2, 0.25) is 0 Å². The summed E-state index contributed by atoms with van der Waals surface area (Å²) in [6, 6.07) is 7.71. The van der Waals surface area contributed by atoms with Crippen LogP contribution in [0.15, 0.2) is 28.9 Å². The number of aromatic hydroxyl groups is 1. The number of halogens is 1. The van der Waals surface area contributed by atoms with Crippen molar-refractivity contribution in [1.82, 2.24) is 4.98 Å². The number of nitrogens with zero attached hydrogens (tertiary/aromatic N) is 1. The number of methoxy groups -OCH3 is 1. The van der Waals surface area contributed by atoms with Gasteiger partial charge in [-0.2, -0.15) is 0 Å². The zero-order valence-corrected chi connectivity index (χ0v) is 12.8. The van der Waals surface area contributed by atoms with E-state index < -0.39 is 0 Å². The van der Waals surface area contributed by atoms with Crippen LogP contribution in [0, 0.1) is 6.92 Å². The van der Waals surface area contributed by atoms with E-state index in [9.17, 15) is 5.11 Å². The van der Waals surface area contributed by atoms with Gasteiger partial charge in [-0.1, -0.05) is 12.1 Å². The average Bonchev–Trinajstić information content (AvgIpc) is 2.90. The molecule has 1 aliphatic heterocycles. The molecule has 0 amide bonds. The predicted octanol–water partition coefficient (Wildman–Crippen LogP) is 3.49. The van der Waals surface area contributed by atoms with E-state index in [1.165, 1.54) is 0 Å². The number of fused-ring (bicyclic) bond motifs is 1. The van der Waals surface area contributed by atoms with Crippen LogP contribution in [0.5, 0.6) is 11.5 Å². The Morgan fingerprint density at radius 3 is 2.70 bits per heavy atom. The fourth-order valence-corrected chi connectivity index (χ4v) is 3.15. The second-order valence-corrected chi connectivity index (χ2v) is 5.44. The maximum absolute atomic E-state index is 10.1. The van der Waals surface area contributed by atoms with Gasteiger partial charge in [-0.3, -0.25) is 0 Å². The Bertz CT molecular complexity index is 655. The number of aromatic nitrogens is 1. The highest BCUT2D eigenvalue weighted by Gasteiger charge is 2.31. The number of rotatable bonds is 2. The van der Waals surface area contributed by atoms with E-state index in [0.29, 0.717) is 12.3 Å². The summed E-state index contributed by atoms with van der Waals surface area (Å²) in [4.78, 5) is 4.32. The Kier molecular flexibility index (Phi) is 3.40. The quantitative estimate of drug-likeness (QED) is 0.853. The first kappa shape index (κ1) is 13.4. The highest BCUT2D eigenvalue weighted by molar-refractivity contribution is 9.10. The van der Waals surface area contributed by atoms with Gasteiger partial charge < -0.3 is 14.6 Å². The predicted molar refractivity (Wildman–Crippen MR) is 78.0 cm³/mol. The minimum Gasteiger partial charge on any atom is -0.506 e. The standard InChI is InChI=1S/C15H14BrNO3/c1-8-13(18)11-7-20-14(12(11)15(16)17-8)9-3-5-10(19-2)6-4-9/h3-6,14,18H,7H2,1-2H3. The molecule has 0 bridgehead atoms. The molecule has 1 aromatic heterocycles. The van der Waals surface area contributed by atoms with Gasteiger partial charge in [-0.05, 0) is 40.5 Å². The Morgan fingerprint density at radius 2 is 2.05 bits per heavy atom. The molecule has 5 heteroatoms. The molecule has 0 spiro atoms. The molecule has 2 aromatic rings. The highest BCUT2D eigenvalue weighted by atomic mass is 79.9. The highest BCUT2D eigenvalue weighted by Crippen LogP contribution is 2.44. The molecular formula is C15H14BrNO3. The van der Waals surface area contributed by atoms with Gasteiger partial charge >= 0.3 is 0 Å². The lowest BCUT2D eigenvalue weighted by molar-refractivity contribution is 0.0929. The molecular weight excluding hydrogens is 322 g/mol. The Hall–Kier alpha value is -1.59. The maximum atomic E-state index is 10.1. The molecule has 104 valence electrons. The van der Waals surface area contributed by atoms with Crippen molar-refractivity contribution in [3.63, 3.8) is 0 Å². The normalized spacial score (nSPS) is 17.1. The molecule has 0 aliphatic carbocycles. The summed E-state index contributed by atoms with van der Waals surface area (Å²) in [7, 11) is 1.64. The molecule has 0 radical (unpaired) electrons. The first-order valence-corrected chi connectivity index (χ1v) is 7.04. The van der Waals surface area contributed by atoms with E-state index in [-0.39, 0.29) is 11.9 Å². The van der Waals surface area contributed by atoms with Gasteiger partial charge in [-0.15, -0.1) is 0 Å². The monoisotopic (exact) mass is 335 g/mol. The number of ether oxygens (including phenoxy) is 2. The van der Waals surface area contributed by atoms with E-state index >= 15 is 0 Å². The first-order valence-electron chi connectivity index (χ1n) is 6.25. The summed E-state index contributed by atoms with van der Waals surface area (Å²) >= 11 is 3.47. The van der Waals surface area contributed by atoms with Crippen molar-refractivity contribution in [2.45, 2.75) is 19.6 Å². The second-order valence-electron chi connectivity index (χ2n) is 4.69. The first-order chi connectivity index (χ1) is 9.61. The van der Waals surface area contributed by atoms with Crippen LogP contribution in [0.3, 0.4) is 0 Å². The number of hydrogen-bond acceptors (Lipinski definition) is 4. The van der Waals surface area contributed by atoms with Crippen molar-refractivity contribution in [3.8, 4) is 11.5 Å². The SMILES string of the molecule is COc1ccc(C2OCc3c(O)c(C)nc(Br)c32)cc1. The smallest absolute Gasteiger partial charge is 0.142 e. The molecule has 1 aliphatic rings. The molecule has 20 heavy (non-hydrogen) atoms. The molecule has 1 unspecified atom stereocenters. The van der Waals surface area contributed by atoms with Crippen molar-refractivity contribution >= 4 is 15.9 Å². The largest absolute Gasteiger partial charge is 0.506 e. The Labute approximate surface area is 125 Å². The lowest BCUT2D eigenvalue weighted by atomic mass is 10.00. The molecule has 0 saturated carbocycles. The summed E-state index contributed by atoms with van der Waals surface area (Å²) in [5.41, 5.74) is 3.33. The molecule has 0 saturated heterocycles. The van der Waals surface area contributed by atoms with Gasteiger partial charge in [0, 0.05) is 11.1 Å². The number of aryl methyl sites for hydroxylation is 1. The summed E-state index contributed by atoms with van der Waals surface area (Å²) < 4.78 is 11.7. The summed E-state index contributed by atoms with van der Waals surface area (Å²) in [6.07, 6.45) is -0.218. The molecule has 2 heterocycles. The zero-order valence-electron chi connectivity index (χ0n) is 11.2. The third-order valence-electron chi connectivity index (χ3n) is 3.52. The van der Waals surface area contributed by atoms with E-state index in [4.69, 9.17) is 9.47 Å². The van der Waals surface area contributed by atoms with Gasteiger partial charge in [0.2, 0.25) is 0 Å². The van der Waals surface area contributed by atoms with E-state index in [2.05, 4.69) is 20.9 Å². The average molecular weight is 336 g/mol. The summed E-state index contributed by atoms with van der Waals surface area (Å²) in [5.74, 6) is 1.02. The molecule has 1 N–H and O–H groups in total. The Balaban J connectivity index is 2.06. The van der Waals surface area contributed by atoms with Gasteiger partial charge in [0.05, 0.1) is 19.4 Å². The molecule has 1 aromatic carbocycles. The molecule has 0 fully saturated rings. The van der Waals surface area contributed by atoms with E-state index in [0.717, 1.165) is 27.0 Å².